The first-order valence-electron chi connectivity index (χ1n) is 17.4. The van der Waals surface area contributed by atoms with Crippen molar-refractivity contribution in [2.24, 2.45) is 5.92 Å². The Morgan fingerprint density at radius 2 is 1.02 bits per heavy atom. The summed E-state index contributed by atoms with van der Waals surface area (Å²) in [7, 11) is -1.07. The van der Waals surface area contributed by atoms with Crippen molar-refractivity contribution in [3.8, 4) is 0 Å². The number of hydrogen-bond donors (Lipinski definition) is 0. The molecule has 5 aromatic rings. The average Bonchev–Trinajstić information content (AvgIpc) is 3.55. The van der Waals surface area contributed by atoms with Crippen LogP contribution in [0.1, 0.15) is 88.8 Å². The molecule has 0 saturated heterocycles. The minimum atomic E-state index is -1.07. The summed E-state index contributed by atoms with van der Waals surface area (Å²) in [5.74, 6) is 0.553. The van der Waals surface area contributed by atoms with Gasteiger partial charge in [-0.05, 0) is 18.9 Å². The minimum absolute atomic E-state index is 0. The Hall–Kier alpha value is -2.22. The molecule has 1 atom stereocenters. The number of allylic oxidation sites excluding steroid dienone is 4. The van der Waals surface area contributed by atoms with Gasteiger partial charge in [-0.25, -0.2) is 10.8 Å². The number of benzene rings is 4. The van der Waals surface area contributed by atoms with E-state index in [0.29, 0.717) is 5.92 Å². The Labute approximate surface area is 332 Å². The third-order valence-electron chi connectivity index (χ3n) is 9.19. The van der Waals surface area contributed by atoms with Gasteiger partial charge >= 0.3 is 112 Å². The molecule has 0 aromatic heterocycles. The van der Waals surface area contributed by atoms with Crippen LogP contribution in [0, 0.1) is 25.8 Å². The van der Waals surface area contributed by atoms with E-state index >= 15 is 0 Å². The molecule has 0 saturated carbocycles. The van der Waals surface area contributed by atoms with Crippen LogP contribution in [0.15, 0.2) is 108 Å². The molecule has 50 heavy (non-hydrogen) atoms. The van der Waals surface area contributed by atoms with Crippen LogP contribution in [-0.4, -0.2) is 11.3 Å². The number of rotatable bonds is 3. The van der Waals surface area contributed by atoms with Gasteiger partial charge in [-0.2, -0.15) is 6.08 Å². The molecule has 0 aliphatic heterocycles. The van der Waals surface area contributed by atoms with Crippen molar-refractivity contribution < 1.29 is 49.0 Å². The van der Waals surface area contributed by atoms with E-state index in [2.05, 4.69) is 192 Å². The van der Waals surface area contributed by atoms with E-state index in [9.17, 15) is 0 Å². The molecule has 1 aliphatic carbocycles. The Balaban J connectivity index is 0.000000268. The van der Waals surface area contributed by atoms with Crippen LogP contribution in [0.3, 0.4) is 0 Å². The molecule has 4 heteroatoms. The van der Waals surface area contributed by atoms with E-state index in [-0.39, 0.29) is 35.6 Å². The Morgan fingerprint density at radius 3 is 1.30 bits per heavy atom. The maximum atomic E-state index is 3.43. The van der Waals surface area contributed by atoms with Crippen LogP contribution < -0.4 is 24.8 Å². The quantitative estimate of drug-likeness (QED) is 0.138. The smallest absolute Gasteiger partial charge is 1.00 e. The second-order valence-corrected chi connectivity index (χ2v) is 23.0. The first-order valence-corrected chi connectivity index (χ1v) is 22.2. The first kappa shape index (κ1) is 43.9. The zero-order valence-electron chi connectivity index (χ0n) is 32.6. The van der Waals surface area contributed by atoms with Crippen molar-refractivity contribution in [2.45, 2.75) is 99.7 Å². The molecule has 0 fully saturated rings. The molecule has 1 unspecified atom stereocenters. The van der Waals surface area contributed by atoms with Gasteiger partial charge in [0.2, 0.25) is 0 Å². The second-order valence-electron chi connectivity index (χ2n) is 16.7. The van der Waals surface area contributed by atoms with E-state index < -0.39 is 8.07 Å². The van der Waals surface area contributed by atoms with Crippen molar-refractivity contribution in [1.82, 2.24) is 0 Å². The monoisotopic (exact) mass is 796 g/mol. The fraction of sp³-hybridized carbons (Fsp3) is 0.348. The molecule has 0 N–H and O–H groups in total. The normalized spacial score (nSPS) is 14.3. The molecule has 0 spiro atoms. The fourth-order valence-electron chi connectivity index (χ4n) is 6.19. The van der Waals surface area contributed by atoms with Crippen molar-refractivity contribution in [1.29, 1.82) is 0 Å². The number of fused-ring (bicyclic) bond motifs is 3. The van der Waals surface area contributed by atoms with Crippen LogP contribution in [0.5, 0.6) is 0 Å². The Kier molecular flexibility index (Phi) is 15.4. The van der Waals surface area contributed by atoms with Gasteiger partial charge in [-0.1, -0.05) is 116 Å². The summed E-state index contributed by atoms with van der Waals surface area (Å²) in [6, 6.07) is 33.7. The molecule has 0 heterocycles. The summed E-state index contributed by atoms with van der Waals surface area (Å²) in [6.45, 7) is 29.5. The molecule has 264 valence electrons. The molecule has 0 nitrogen and oxygen atoms in total. The molecular formula is C46H56Cl2SiZr-2. The zero-order valence-corrected chi connectivity index (χ0v) is 37.5. The maximum absolute atomic E-state index is 3.43. The summed E-state index contributed by atoms with van der Waals surface area (Å²) in [5, 5.41) is 7.09. The number of halogens is 2. The van der Waals surface area contributed by atoms with Gasteiger partial charge < -0.3 is 24.8 Å². The molecule has 6 rings (SSSR count). The molecule has 5 aromatic carbocycles. The van der Waals surface area contributed by atoms with Crippen LogP contribution in [0.2, 0.25) is 19.6 Å². The van der Waals surface area contributed by atoms with Gasteiger partial charge in [0.25, 0.3) is 0 Å². The summed E-state index contributed by atoms with van der Waals surface area (Å²) in [4.78, 5) is 0. The molecule has 0 amide bonds. The van der Waals surface area contributed by atoms with E-state index in [1.807, 2.05) is 0 Å². The van der Waals surface area contributed by atoms with Crippen LogP contribution in [0.25, 0.3) is 21.5 Å². The summed E-state index contributed by atoms with van der Waals surface area (Å²) >= 11 is 1.46. The Bertz CT molecular complexity index is 1840. The van der Waals surface area contributed by atoms with Gasteiger partial charge in [-0.3, -0.25) is 6.08 Å². The van der Waals surface area contributed by atoms with Crippen LogP contribution >= 0.6 is 0 Å². The first-order chi connectivity index (χ1) is 22.2. The standard InChI is InChI=1S/C21H25.C15H14.C10H17Si.2ClH.Zr/c1-20(2,3)16-9-7-14-11-15-8-10-17(21(4,5)6)13-19(15)18(14)12-16;1-12-3-7-14(8-4-12)11-15-9-5-13(2)6-10-15;1-8-6-9(2)10(7-8)11(3,4)5;;;/h7-13H,1-6H3;3-10H,1-2H3;7-8H,1-5H3;2*1H;/q-1;;-1;;;+2/p-2. The number of hydrogen-bond acceptors (Lipinski definition) is 0. The predicted molar refractivity (Wildman–Crippen MR) is 213 cm³/mol. The zero-order chi connectivity index (χ0) is 35.6. The number of aryl methyl sites for hydroxylation is 2. The largest absolute Gasteiger partial charge is 1.00 e. The third-order valence-corrected chi connectivity index (χ3v) is 12.8. The fourth-order valence-corrected chi connectivity index (χ4v) is 8.95. The third kappa shape index (κ3) is 11.4. The topological polar surface area (TPSA) is 0 Å². The van der Waals surface area contributed by atoms with E-state index in [1.54, 1.807) is 5.20 Å². The van der Waals surface area contributed by atoms with Gasteiger partial charge in [0, 0.05) is 0 Å². The predicted octanol–water partition coefficient (Wildman–Crippen LogP) is 6.92. The van der Waals surface area contributed by atoms with Gasteiger partial charge in [0.05, 0.1) is 0 Å². The minimum Gasteiger partial charge on any atom is -1.00 e. The summed E-state index contributed by atoms with van der Waals surface area (Å²) in [5.41, 5.74) is 9.91. The SMILES string of the molecule is CC(C)(C)c1ccc2[cH-]c3ccc(C(C)(C)C)cc3c2c1.CC1=[C-]C(C)C=C1[Si](C)(C)C.Cc1ccc([C](=[Zr+2])c2ccc(C)cc2)cc1.[Cl-].[Cl-]. The van der Waals surface area contributed by atoms with Crippen molar-refractivity contribution >= 4 is 32.8 Å². The summed E-state index contributed by atoms with van der Waals surface area (Å²) < 4.78 is 1.42. The average molecular weight is 799 g/mol. The molecule has 0 bridgehead atoms. The van der Waals surface area contributed by atoms with Gasteiger partial charge in [-0.15, -0.1) is 39.7 Å². The van der Waals surface area contributed by atoms with E-state index in [4.69, 9.17) is 0 Å². The molecule has 1 aliphatic rings. The van der Waals surface area contributed by atoms with Crippen molar-refractivity contribution in [2.75, 3.05) is 0 Å². The van der Waals surface area contributed by atoms with Gasteiger partial charge in [0.15, 0.2) is 0 Å². The maximum Gasteiger partial charge on any atom is -1.00 e. The second kappa shape index (κ2) is 17.5. The van der Waals surface area contributed by atoms with E-state index in [1.165, 1.54) is 87.9 Å². The molecular weight excluding hydrogens is 743 g/mol. The summed E-state index contributed by atoms with van der Waals surface area (Å²) in [6.07, 6.45) is 5.81. The van der Waals surface area contributed by atoms with Crippen molar-refractivity contribution in [3.05, 3.63) is 147 Å². The van der Waals surface area contributed by atoms with Crippen molar-refractivity contribution in [3.63, 3.8) is 0 Å². The Morgan fingerprint density at radius 1 is 0.640 bits per heavy atom. The van der Waals surface area contributed by atoms with Crippen LogP contribution in [0.4, 0.5) is 0 Å². The van der Waals surface area contributed by atoms with Gasteiger partial charge in [0.1, 0.15) is 0 Å². The van der Waals surface area contributed by atoms with E-state index in [0.717, 1.165) is 0 Å². The molecule has 0 radical (unpaired) electrons. The van der Waals surface area contributed by atoms with Crippen LogP contribution in [-0.2, 0) is 35.1 Å².